The molecule has 3 aliphatic rings. The smallest absolute Gasteiger partial charge is 0.408 e. The fourth-order valence-corrected chi connectivity index (χ4v) is 6.74. The number of nitrogens with one attached hydrogen (secondary N) is 1. The standard InChI is InChI=1S/C32H40ClF2N3O5/c1-6-21-24(17-39)38-16-25(21)42-27-22(13-18-10-11-20(33)14-23(18)36-27)32(34,35)12-8-7-9-19-15-31(19,5)43-29(41)37-26(28(38)40)30(2,3)4/h10-11,13-14,17,19,21,24-26H,6-9,12,15-16H2,1-5H3,(H,37,41)/t19-,21+,24-,25+,26-,31-/m1/s1. The molecule has 2 bridgehead atoms. The summed E-state index contributed by atoms with van der Waals surface area (Å²) in [5.74, 6) is -4.38. The molecule has 6 atom stereocenters. The molecule has 1 aromatic heterocycles. The van der Waals surface area contributed by atoms with Gasteiger partial charge in [0, 0.05) is 28.7 Å². The van der Waals surface area contributed by atoms with Crippen molar-refractivity contribution in [2.45, 2.75) is 103 Å². The maximum absolute atomic E-state index is 15.9. The van der Waals surface area contributed by atoms with Crippen LogP contribution in [0.2, 0.25) is 5.02 Å². The molecule has 0 unspecified atom stereocenters. The fourth-order valence-electron chi connectivity index (χ4n) is 6.57. The van der Waals surface area contributed by atoms with Crippen molar-refractivity contribution in [3.8, 4) is 5.88 Å². The van der Waals surface area contributed by atoms with Crippen molar-refractivity contribution in [1.29, 1.82) is 0 Å². The second kappa shape index (κ2) is 11.5. The molecule has 1 saturated carbocycles. The van der Waals surface area contributed by atoms with Crippen LogP contribution in [0.5, 0.6) is 5.88 Å². The zero-order valence-electron chi connectivity index (χ0n) is 25.3. The molecule has 2 fully saturated rings. The molecule has 1 aromatic carbocycles. The number of fused-ring (bicyclic) bond motifs is 5. The summed E-state index contributed by atoms with van der Waals surface area (Å²) < 4.78 is 43.9. The number of rotatable bonds is 2. The average molecular weight is 620 g/mol. The molecule has 5 rings (SSSR count). The summed E-state index contributed by atoms with van der Waals surface area (Å²) in [5.41, 5.74) is -1.36. The van der Waals surface area contributed by atoms with E-state index in [9.17, 15) is 14.4 Å². The van der Waals surface area contributed by atoms with Crippen molar-refractivity contribution in [1.82, 2.24) is 15.2 Å². The average Bonchev–Trinajstić information content (AvgIpc) is 3.41. The molecule has 1 aliphatic carbocycles. The van der Waals surface area contributed by atoms with Crippen LogP contribution in [0.3, 0.4) is 0 Å². The Bertz CT molecular complexity index is 1420. The SMILES string of the molecule is CC[C@@H]1[C@@H]2CN(C(=O)[C@H](C(C)(C)C)NC(=O)O[C@]3(C)C[C@H]3CCCCC(F)(F)c3cc4ccc(Cl)cc4nc3O2)[C@@H]1C=O. The summed E-state index contributed by atoms with van der Waals surface area (Å²) in [6.07, 6.45) is 1.27. The summed E-state index contributed by atoms with van der Waals surface area (Å²) in [7, 11) is 0. The molecule has 0 spiro atoms. The summed E-state index contributed by atoms with van der Waals surface area (Å²) in [5, 5.41) is 3.68. The van der Waals surface area contributed by atoms with E-state index in [0.717, 1.165) is 0 Å². The molecule has 3 heterocycles. The predicted octanol–water partition coefficient (Wildman–Crippen LogP) is 6.66. The Morgan fingerprint density at radius 2 is 1.95 bits per heavy atom. The van der Waals surface area contributed by atoms with Crippen molar-refractivity contribution in [2.75, 3.05) is 6.54 Å². The minimum absolute atomic E-state index is 0.0376. The van der Waals surface area contributed by atoms with Crippen LogP contribution in [0.15, 0.2) is 24.3 Å². The number of carbonyl (C=O) groups is 3. The van der Waals surface area contributed by atoms with E-state index >= 15 is 8.78 Å². The first-order valence-corrected chi connectivity index (χ1v) is 15.4. The molecule has 2 amide bonds. The number of hydrogen-bond acceptors (Lipinski definition) is 6. The monoisotopic (exact) mass is 619 g/mol. The summed E-state index contributed by atoms with van der Waals surface area (Å²) in [4.78, 5) is 45.4. The minimum Gasteiger partial charge on any atom is -0.472 e. The van der Waals surface area contributed by atoms with Crippen LogP contribution in [0, 0.1) is 17.3 Å². The Morgan fingerprint density at radius 1 is 1.21 bits per heavy atom. The molecular weight excluding hydrogens is 580 g/mol. The van der Waals surface area contributed by atoms with E-state index in [1.807, 2.05) is 34.6 Å². The molecule has 2 aromatic rings. The van der Waals surface area contributed by atoms with E-state index in [-0.39, 0.29) is 30.3 Å². The van der Waals surface area contributed by atoms with Gasteiger partial charge < -0.3 is 24.5 Å². The third-order valence-electron chi connectivity index (χ3n) is 9.30. The number of alkyl halides is 2. The zero-order chi connectivity index (χ0) is 31.3. The maximum Gasteiger partial charge on any atom is 0.408 e. The molecule has 11 heteroatoms. The lowest BCUT2D eigenvalue weighted by molar-refractivity contribution is -0.139. The van der Waals surface area contributed by atoms with Gasteiger partial charge in [0.05, 0.1) is 23.7 Å². The highest BCUT2D eigenvalue weighted by Gasteiger charge is 2.54. The van der Waals surface area contributed by atoms with Crippen LogP contribution in [0.1, 0.15) is 78.7 Å². The Balaban J connectivity index is 1.58. The van der Waals surface area contributed by atoms with E-state index in [1.165, 1.54) is 11.0 Å². The lowest BCUT2D eigenvalue weighted by atomic mass is 9.85. The second-order valence-electron chi connectivity index (χ2n) is 13.5. The largest absolute Gasteiger partial charge is 0.472 e. The number of aromatic nitrogens is 1. The quantitative estimate of drug-likeness (QED) is 0.378. The third kappa shape index (κ3) is 6.30. The Kier molecular flexibility index (Phi) is 8.39. The lowest BCUT2D eigenvalue weighted by Crippen LogP contribution is -2.56. The van der Waals surface area contributed by atoms with E-state index < -0.39 is 59.5 Å². The topological polar surface area (TPSA) is 97.8 Å². The predicted molar refractivity (Wildman–Crippen MR) is 158 cm³/mol. The van der Waals surface area contributed by atoms with Gasteiger partial charge in [0.25, 0.3) is 5.92 Å². The van der Waals surface area contributed by atoms with E-state index in [4.69, 9.17) is 21.1 Å². The van der Waals surface area contributed by atoms with E-state index in [0.29, 0.717) is 47.9 Å². The van der Waals surface area contributed by atoms with Gasteiger partial charge in [-0.2, -0.15) is 0 Å². The Morgan fingerprint density at radius 3 is 2.63 bits per heavy atom. The van der Waals surface area contributed by atoms with Gasteiger partial charge in [-0.1, -0.05) is 51.8 Å². The third-order valence-corrected chi connectivity index (χ3v) is 9.53. The highest BCUT2D eigenvalue weighted by molar-refractivity contribution is 6.31. The zero-order valence-corrected chi connectivity index (χ0v) is 26.0. The summed E-state index contributed by atoms with van der Waals surface area (Å²) in [6, 6.07) is 4.38. The van der Waals surface area contributed by atoms with Crippen molar-refractivity contribution in [3.05, 3.63) is 34.9 Å². The molecule has 234 valence electrons. The van der Waals surface area contributed by atoms with Crippen molar-refractivity contribution < 1.29 is 32.6 Å². The molecular formula is C32H40ClF2N3O5. The molecule has 1 saturated heterocycles. The van der Waals surface area contributed by atoms with Crippen LogP contribution in [-0.4, -0.2) is 58.5 Å². The molecule has 8 nitrogen and oxygen atoms in total. The van der Waals surface area contributed by atoms with Crippen LogP contribution in [-0.2, 0) is 20.2 Å². The number of carbonyl (C=O) groups excluding carboxylic acids is 3. The molecule has 0 radical (unpaired) electrons. The maximum atomic E-state index is 15.9. The number of hydrogen-bond donors (Lipinski definition) is 1. The number of aldehydes is 1. The number of alkyl carbamates (subject to hydrolysis) is 1. The van der Waals surface area contributed by atoms with E-state index in [1.54, 1.807) is 18.2 Å². The van der Waals surface area contributed by atoms with Gasteiger partial charge in [-0.05, 0) is 56.2 Å². The number of nitrogens with zero attached hydrogens (tertiary/aromatic N) is 2. The van der Waals surface area contributed by atoms with Gasteiger partial charge in [-0.3, -0.25) is 4.79 Å². The normalized spacial score (nSPS) is 31.5. The van der Waals surface area contributed by atoms with Crippen molar-refractivity contribution >= 4 is 40.8 Å². The van der Waals surface area contributed by atoms with Gasteiger partial charge >= 0.3 is 6.09 Å². The van der Waals surface area contributed by atoms with Crippen molar-refractivity contribution in [3.63, 3.8) is 0 Å². The lowest BCUT2D eigenvalue weighted by Gasteiger charge is -2.35. The van der Waals surface area contributed by atoms with Gasteiger partial charge in [-0.15, -0.1) is 0 Å². The van der Waals surface area contributed by atoms with Gasteiger partial charge in [0.2, 0.25) is 11.8 Å². The molecule has 1 N–H and O–H groups in total. The number of benzene rings is 1. The first-order chi connectivity index (χ1) is 20.2. The first kappa shape index (κ1) is 31.4. The number of pyridine rings is 1. The first-order valence-electron chi connectivity index (χ1n) is 15.1. The van der Waals surface area contributed by atoms with Gasteiger partial charge in [0.15, 0.2) is 0 Å². The highest BCUT2D eigenvalue weighted by atomic mass is 35.5. The van der Waals surface area contributed by atoms with E-state index in [2.05, 4.69) is 10.3 Å². The van der Waals surface area contributed by atoms with Crippen LogP contribution < -0.4 is 10.1 Å². The molecule has 2 aliphatic heterocycles. The van der Waals surface area contributed by atoms with Crippen LogP contribution in [0.25, 0.3) is 10.9 Å². The van der Waals surface area contributed by atoms with Crippen LogP contribution in [0.4, 0.5) is 13.6 Å². The van der Waals surface area contributed by atoms with Gasteiger partial charge in [-0.25, -0.2) is 18.6 Å². The number of ether oxygens (including phenoxy) is 2. The number of halogens is 3. The molecule has 43 heavy (non-hydrogen) atoms. The summed E-state index contributed by atoms with van der Waals surface area (Å²) >= 11 is 6.19. The Labute approximate surface area is 255 Å². The highest BCUT2D eigenvalue weighted by Crippen LogP contribution is 2.50. The van der Waals surface area contributed by atoms with Crippen molar-refractivity contribution in [2.24, 2.45) is 17.3 Å². The fraction of sp³-hybridized carbons (Fsp3) is 0.625. The van der Waals surface area contributed by atoms with Gasteiger partial charge in [0.1, 0.15) is 24.0 Å². The summed E-state index contributed by atoms with van der Waals surface area (Å²) in [6.45, 7) is 9.10. The Hall–Kier alpha value is -3.01. The number of amides is 2. The minimum atomic E-state index is -3.25. The second-order valence-corrected chi connectivity index (χ2v) is 14.0. The van der Waals surface area contributed by atoms with Crippen LogP contribution >= 0.6 is 11.6 Å².